The third-order valence-corrected chi connectivity index (χ3v) is 7.29. The van der Waals surface area contributed by atoms with Crippen LogP contribution in [0.25, 0.3) is 10.9 Å². The predicted octanol–water partition coefficient (Wildman–Crippen LogP) is 4.31. The Balaban J connectivity index is 1.28. The lowest BCUT2D eigenvalue weighted by Crippen LogP contribution is -2.28. The van der Waals surface area contributed by atoms with E-state index in [1.165, 1.54) is 5.56 Å². The highest BCUT2D eigenvalue weighted by Crippen LogP contribution is 2.33. The molecule has 9 nitrogen and oxygen atoms in total. The Bertz CT molecular complexity index is 1680. The summed E-state index contributed by atoms with van der Waals surface area (Å²) in [5.74, 6) is 2.22. The molecule has 9 heteroatoms. The number of aryl methyl sites for hydroxylation is 4. The van der Waals surface area contributed by atoms with Crippen LogP contribution in [0, 0.1) is 13.8 Å². The number of fused-ring (bicyclic) bond motifs is 2. The smallest absolute Gasteiger partial charge is 0.252 e. The van der Waals surface area contributed by atoms with Crippen LogP contribution in [-0.2, 0) is 32.6 Å². The van der Waals surface area contributed by atoms with Gasteiger partial charge in [-0.2, -0.15) is 0 Å². The number of ether oxygens (including phenoxy) is 2. The van der Waals surface area contributed by atoms with Crippen molar-refractivity contribution in [2.75, 3.05) is 6.79 Å². The molecule has 39 heavy (non-hydrogen) atoms. The van der Waals surface area contributed by atoms with Gasteiger partial charge < -0.3 is 14.5 Å². The molecule has 1 aliphatic heterocycles. The fourth-order valence-corrected chi connectivity index (χ4v) is 4.98. The number of nitrogens with zero attached hydrogens (tertiary/aromatic N) is 5. The molecule has 1 N–H and O–H groups in total. The number of H-pyrrole nitrogens is 1. The summed E-state index contributed by atoms with van der Waals surface area (Å²) in [7, 11) is 0. The minimum Gasteiger partial charge on any atom is -0.454 e. The molecule has 1 aliphatic rings. The quantitative estimate of drug-likeness (QED) is 0.308. The summed E-state index contributed by atoms with van der Waals surface area (Å²) in [6, 6.07) is 22.4. The molecule has 0 fully saturated rings. The van der Waals surface area contributed by atoms with Crippen molar-refractivity contribution in [1.82, 2.24) is 30.1 Å². The van der Waals surface area contributed by atoms with E-state index in [-0.39, 0.29) is 12.4 Å². The second kappa shape index (κ2) is 10.7. The van der Waals surface area contributed by atoms with Gasteiger partial charge in [-0.3, -0.25) is 9.69 Å². The van der Waals surface area contributed by atoms with E-state index in [9.17, 15) is 4.79 Å². The standard InChI is InChI=1S/C30H30N6O3/c1-20-8-10-24-15-25(30(37)31-29(24)21(20)2)17-35(16-23-9-11-26-27(14-23)39-19-38-26)18-28-32-33-34-36(28)13-12-22-6-4-3-5-7-22/h3-11,14-15H,12-13,16-19H2,1-2H3,(H,31,37). The SMILES string of the molecule is Cc1ccc2cc(CN(Cc3ccc4c(c3)OCO4)Cc3nnnn3CCc3ccccc3)c(=O)[nH]c2c1C. The van der Waals surface area contributed by atoms with E-state index >= 15 is 0 Å². The van der Waals surface area contributed by atoms with Crippen LogP contribution < -0.4 is 15.0 Å². The molecule has 0 saturated heterocycles. The molecule has 3 heterocycles. The minimum atomic E-state index is -0.0874. The van der Waals surface area contributed by atoms with E-state index in [1.54, 1.807) is 0 Å². The third-order valence-electron chi connectivity index (χ3n) is 7.29. The fraction of sp³-hybridized carbons (Fsp3) is 0.267. The van der Waals surface area contributed by atoms with Crippen molar-refractivity contribution in [3.8, 4) is 11.5 Å². The number of tetrazole rings is 1. The minimum absolute atomic E-state index is 0.0874. The third kappa shape index (κ3) is 5.39. The molecule has 0 unspecified atom stereocenters. The Labute approximate surface area is 226 Å². The first-order chi connectivity index (χ1) is 19.0. The molecule has 2 aromatic heterocycles. The molecule has 0 atom stereocenters. The van der Waals surface area contributed by atoms with Crippen LogP contribution in [0.3, 0.4) is 0 Å². The van der Waals surface area contributed by atoms with Gasteiger partial charge in [-0.1, -0.05) is 48.5 Å². The maximum absolute atomic E-state index is 13.2. The van der Waals surface area contributed by atoms with Crippen molar-refractivity contribution in [2.24, 2.45) is 0 Å². The second-order valence-electron chi connectivity index (χ2n) is 9.98. The summed E-state index contributed by atoms with van der Waals surface area (Å²) < 4.78 is 12.9. The van der Waals surface area contributed by atoms with Gasteiger partial charge in [0, 0.05) is 25.2 Å². The van der Waals surface area contributed by atoms with Gasteiger partial charge in [0.15, 0.2) is 17.3 Å². The Kier molecular flexibility index (Phi) is 6.81. The Morgan fingerprint density at radius 3 is 2.64 bits per heavy atom. The van der Waals surface area contributed by atoms with Gasteiger partial charge in [0.25, 0.3) is 5.56 Å². The molecule has 0 bridgehead atoms. The van der Waals surface area contributed by atoms with E-state index in [4.69, 9.17) is 9.47 Å². The summed E-state index contributed by atoms with van der Waals surface area (Å²) >= 11 is 0. The van der Waals surface area contributed by atoms with Crippen LogP contribution in [0.4, 0.5) is 0 Å². The predicted molar refractivity (Wildman–Crippen MR) is 148 cm³/mol. The average Bonchev–Trinajstić information content (AvgIpc) is 3.60. The molecule has 0 spiro atoms. The lowest BCUT2D eigenvalue weighted by Gasteiger charge is -2.22. The number of benzene rings is 3. The van der Waals surface area contributed by atoms with Crippen molar-refractivity contribution >= 4 is 10.9 Å². The van der Waals surface area contributed by atoms with Crippen molar-refractivity contribution < 1.29 is 9.47 Å². The topological polar surface area (TPSA) is 98.2 Å². The van der Waals surface area contributed by atoms with Gasteiger partial charge in [0.2, 0.25) is 6.79 Å². The number of hydrogen-bond donors (Lipinski definition) is 1. The highest BCUT2D eigenvalue weighted by Gasteiger charge is 2.19. The molecule has 3 aromatic carbocycles. The van der Waals surface area contributed by atoms with Crippen LogP contribution in [0.2, 0.25) is 0 Å². The fourth-order valence-electron chi connectivity index (χ4n) is 4.98. The number of aromatic nitrogens is 5. The number of nitrogens with one attached hydrogen (secondary N) is 1. The van der Waals surface area contributed by atoms with E-state index in [1.807, 2.05) is 54.1 Å². The molecule has 0 saturated carbocycles. The molecule has 5 aromatic rings. The van der Waals surface area contributed by atoms with Gasteiger partial charge in [-0.15, -0.1) is 5.10 Å². The number of rotatable bonds is 9. The summed E-state index contributed by atoms with van der Waals surface area (Å²) in [5.41, 5.74) is 6.00. The first-order valence-corrected chi connectivity index (χ1v) is 13.1. The van der Waals surface area contributed by atoms with E-state index < -0.39 is 0 Å². The lowest BCUT2D eigenvalue weighted by atomic mass is 10.0. The van der Waals surface area contributed by atoms with Crippen molar-refractivity contribution in [2.45, 2.75) is 46.4 Å². The van der Waals surface area contributed by atoms with E-state index in [0.29, 0.717) is 31.7 Å². The summed E-state index contributed by atoms with van der Waals surface area (Å²) in [6.07, 6.45) is 0.824. The first-order valence-electron chi connectivity index (χ1n) is 13.1. The lowest BCUT2D eigenvalue weighted by molar-refractivity contribution is 0.174. The molecular formula is C30H30N6O3. The zero-order valence-corrected chi connectivity index (χ0v) is 22.1. The maximum atomic E-state index is 13.2. The van der Waals surface area contributed by atoms with Gasteiger partial charge >= 0.3 is 0 Å². The van der Waals surface area contributed by atoms with Crippen molar-refractivity contribution in [1.29, 1.82) is 0 Å². The summed E-state index contributed by atoms with van der Waals surface area (Å²) in [6.45, 7) is 6.46. The highest BCUT2D eigenvalue weighted by atomic mass is 16.7. The first kappa shape index (κ1) is 24.8. The van der Waals surface area contributed by atoms with Gasteiger partial charge in [0.1, 0.15) is 0 Å². The van der Waals surface area contributed by atoms with Gasteiger partial charge in [-0.05, 0) is 76.5 Å². The van der Waals surface area contributed by atoms with Crippen LogP contribution in [-0.4, -0.2) is 36.9 Å². The average molecular weight is 523 g/mol. The Morgan fingerprint density at radius 1 is 0.923 bits per heavy atom. The summed E-state index contributed by atoms with van der Waals surface area (Å²) in [5, 5.41) is 13.6. The molecular weight excluding hydrogens is 492 g/mol. The van der Waals surface area contributed by atoms with Crippen molar-refractivity contribution in [3.63, 3.8) is 0 Å². The monoisotopic (exact) mass is 522 g/mol. The van der Waals surface area contributed by atoms with Crippen LogP contribution in [0.15, 0.2) is 71.5 Å². The van der Waals surface area contributed by atoms with Crippen LogP contribution >= 0.6 is 0 Å². The number of hydrogen-bond acceptors (Lipinski definition) is 7. The maximum Gasteiger partial charge on any atom is 0.252 e. The van der Waals surface area contributed by atoms with Crippen LogP contribution in [0.1, 0.15) is 33.6 Å². The molecule has 198 valence electrons. The van der Waals surface area contributed by atoms with Gasteiger partial charge in [-0.25, -0.2) is 4.68 Å². The highest BCUT2D eigenvalue weighted by molar-refractivity contribution is 5.83. The largest absolute Gasteiger partial charge is 0.454 e. The normalized spacial score (nSPS) is 12.5. The number of aromatic amines is 1. The van der Waals surface area contributed by atoms with Gasteiger partial charge in [0.05, 0.1) is 12.1 Å². The zero-order chi connectivity index (χ0) is 26.8. The Morgan fingerprint density at radius 2 is 1.77 bits per heavy atom. The van der Waals surface area contributed by atoms with E-state index in [0.717, 1.165) is 51.3 Å². The molecule has 0 amide bonds. The van der Waals surface area contributed by atoms with Crippen LogP contribution in [0.5, 0.6) is 11.5 Å². The van der Waals surface area contributed by atoms with E-state index in [2.05, 4.69) is 56.6 Å². The number of pyridine rings is 1. The second-order valence-corrected chi connectivity index (χ2v) is 9.98. The molecule has 6 rings (SSSR count). The van der Waals surface area contributed by atoms with Crippen molar-refractivity contribution in [3.05, 3.63) is 111 Å². The molecule has 0 aliphatic carbocycles. The Hall–Kier alpha value is -4.50. The zero-order valence-electron chi connectivity index (χ0n) is 22.1. The summed E-state index contributed by atoms with van der Waals surface area (Å²) in [4.78, 5) is 18.5. The molecule has 0 radical (unpaired) electrons.